The predicted octanol–water partition coefficient (Wildman–Crippen LogP) is 1.15. The number of aliphatic hydroxyl groups excluding tert-OH is 2. The van der Waals surface area contributed by atoms with Gasteiger partial charge in [0.05, 0.1) is 19.5 Å². The number of thioether (sulfide) groups is 1. The number of phosphoric acid groups is 3. The Morgan fingerprint density at radius 2 is 1.67 bits per heavy atom. The van der Waals surface area contributed by atoms with Gasteiger partial charge in [-0.3, -0.25) is 32.5 Å². The Kier molecular flexibility index (Phi) is 18.8. The summed E-state index contributed by atoms with van der Waals surface area (Å²) in [5.41, 5.74) is 6.50. The summed E-state index contributed by atoms with van der Waals surface area (Å²) in [5.74, 6) is 0.0769. The van der Waals surface area contributed by atoms with Crippen molar-refractivity contribution in [3.63, 3.8) is 0 Å². The molecule has 5 rings (SSSR count). The number of benzene rings is 1. The first-order valence-electron chi connectivity index (χ1n) is 20.3. The number of aromatic amines is 1. The summed E-state index contributed by atoms with van der Waals surface area (Å²) in [6.07, 6.45) is -2.17. The first-order valence-corrected chi connectivity index (χ1v) is 26.0. The molecule has 1 aromatic carbocycles. The van der Waals surface area contributed by atoms with Crippen molar-refractivity contribution >= 4 is 80.8 Å². The Hall–Kier alpha value is -3.88. The molecule has 3 amide bonds. The van der Waals surface area contributed by atoms with Crippen LogP contribution in [0.15, 0.2) is 43.1 Å². The van der Waals surface area contributed by atoms with Crippen LogP contribution in [0.5, 0.6) is 0 Å². The van der Waals surface area contributed by atoms with E-state index < -0.39 is 78.6 Å². The van der Waals surface area contributed by atoms with E-state index in [2.05, 4.69) is 44.7 Å². The normalized spacial score (nSPS) is 20.2. The quantitative estimate of drug-likeness (QED) is 0.0295. The van der Waals surface area contributed by atoms with E-state index in [1.165, 1.54) is 13.8 Å². The molecule has 4 heterocycles. The van der Waals surface area contributed by atoms with Gasteiger partial charge in [-0.2, -0.15) is 16.1 Å². The van der Waals surface area contributed by atoms with Crippen LogP contribution in [0.4, 0.5) is 5.82 Å². The average molecular weight is 1010 g/mol. The van der Waals surface area contributed by atoms with Crippen molar-refractivity contribution in [2.75, 3.05) is 50.1 Å². The molecule has 26 nitrogen and oxygen atoms in total. The average Bonchev–Trinajstić information content (AvgIpc) is 3.95. The van der Waals surface area contributed by atoms with Gasteiger partial charge in [-0.15, -0.1) is 0 Å². The van der Waals surface area contributed by atoms with E-state index in [0.717, 1.165) is 58.7 Å². The Bertz CT molecular complexity index is 2440. The highest BCUT2D eigenvalue weighted by Gasteiger charge is 2.50. The Balaban J connectivity index is 0.945. The molecule has 30 heteroatoms. The summed E-state index contributed by atoms with van der Waals surface area (Å²) in [5, 5.41) is 30.8. The van der Waals surface area contributed by atoms with Gasteiger partial charge < -0.3 is 61.2 Å². The van der Waals surface area contributed by atoms with Crippen LogP contribution >= 0.6 is 35.2 Å². The lowest BCUT2D eigenvalue weighted by molar-refractivity contribution is -0.137. The number of amides is 3. The first kappa shape index (κ1) is 53.1. The second-order valence-electron chi connectivity index (χ2n) is 15.6. The summed E-state index contributed by atoms with van der Waals surface area (Å²) in [7, 11) is -16.4. The number of anilines is 1. The Labute approximate surface area is 381 Å². The Morgan fingerprint density at radius 3 is 2.42 bits per heavy atom. The number of imidazole rings is 1. The number of unbranched alkanes of at least 4 members (excludes halogenated alkanes) is 1. The number of H-pyrrole nitrogens is 1. The molecule has 0 aliphatic carbocycles. The number of ether oxygens (including phenoxy) is 1. The van der Waals surface area contributed by atoms with Crippen molar-refractivity contribution < 1.29 is 80.5 Å². The van der Waals surface area contributed by atoms with Crippen molar-refractivity contribution in [2.45, 2.75) is 76.6 Å². The fourth-order valence-corrected chi connectivity index (χ4v) is 10.2. The number of rotatable bonds is 27. The molecule has 7 unspecified atom stereocenters. The van der Waals surface area contributed by atoms with Crippen molar-refractivity contribution in [1.82, 2.24) is 40.5 Å². The lowest BCUT2D eigenvalue weighted by atomic mass is 9.87. The molecule has 12 N–H and O–H groups in total. The highest BCUT2D eigenvalue weighted by Crippen LogP contribution is 2.61. The standard InChI is InChI=1S/C36H54N9O17P3S/c1-36(2,31(49)34(50)40-13-11-27(47)39-14-16-66-15-6-5-9-26(46)38-12-10-22-17-41-24-8-4-3-7-23(22)24)19-59-65(56,57)62-64(54,55)58-18-25-30(61-63(51,52)53)29(48)35(60-25)45-21-44-28-32(37)42-20-43-33(28)45/h3-4,7-8,17,20-21,25,29-31,35,41,48-49H,5-6,9-16,18-19H2,1-2H3,(H,38,46)(H,39,47)(H,40,50)(H,54,55)(H,56,57)(H2,37,42,43)(H2,51,52,53). The van der Waals surface area contributed by atoms with Crippen LogP contribution in [0, 0.1) is 5.41 Å². The third-order valence-corrected chi connectivity index (χ3v) is 14.1. The third kappa shape index (κ3) is 15.6. The molecule has 1 aliphatic rings. The molecule has 366 valence electrons. The number of carbonyl (C=O) groups is 3. The molecule has 1 fully saturated rings. The van der Waals surface area contributed by atoms with Gasteiger partial charge in [0.15, 0.2) is 17.7 Å². The summed E-state index contributed by atoms with van der Waals surface area (Å²) < 4.78 is 62.4. The Morgan fingerprint density at radius 1 is 0.955 bits per heavy atom. The maximum Gasteiger partial charge on any atom is 0.481 e. The monoisotopic (exact) mass is 1010 g/mol. The minimum Gasteiger partial charge on any atom is -0.386 e. The lowest BCUT2D eigenvalue weighted by Crippen LogP contribution is -2.46. The number of hydrogen-bond donors (Lipinski definition) is 11. The number of nitrogen functional groups attached to an aromatic ring is 1. The van der Waals surface area contributed by atoms with E-state index in [9.17, 15) is 57.9 Å². The molecule has 1 saturated heterocycles. The minimum absolute atomic E-state index is 0.00104. The van der Waals surface area contributed by atoms with E-state index in [1.807, 2.05) is 30.5 Å². The molecular weight excluding hydrogens is 955 g/mol. The number of aliphatic hydroxyl groups is 2. The van der Waals surface area contributed by atoms with Gasteiger partial charge in [0, 0.05) is 60.7 Å². The highest BCUT2D eigenvalue weighted by molar-refractivity contribution is 7.99. The largest absolute Gasteiger partial charge is 0.481 e. The van der Waals surface area contributed by atoms with Crippen molar-refractivity contribution in [1.29, 1.82) is 0 Å². The second kappa shape index (κ2) is 23.4. The molecular formula is C36H54N9O17P3S. The van der Waals surface area contributed by atoms with Crippen LogP contribution in [0.1, 0.15) is 51.3 Å². The predicted molar refractivity (Wildman–Crippen MR) is 236 cm³/mol. The zero-order chi connectivity index (χ0) is 48.3. The van der Waals surface area contributed by atoms with Gasteiger partial charge in [0.1, 0.15) is 36.3 Å². The number of fused-ring (bicyclic) bond motifs is 2. The fraction of sp³-hybridized carbons (Fsp3) is 0.556. The number of nitrogens with one attached hydrogen (secondary N) is 4. The van der Waals surface area contributed by atoms with Crippen molar-refractivity contribution in [3.05, 3.63) is 48.7 Å². The lowest BCUT2D eigenvalue weighted by Gasteiger charge is -2.30. The zero-order valence-corrected chi connectivity index (χ0v) is 39.2. The van der Waals surface area contributed by atoms with Crippen LogP contribution in [0.3, 0.4) is 0 Å². The SMILES string of the molecule is CC(C)(COP(=O)(O)OP(=O)(O)OCC1OC(n2cnc3c(N)ncnc32)C(O)C1OP(=O)(O)O)C(O)C(=O)NCCC(=O)NCCSCCCCC(=O)NCCc1c[nH]c2ccccc12. The summed E-state index contributed by atoms with van der Waals surface area (Å²) >= 11 is 1.62. The first-order chi connectivity index (χ1) is 31.1. The molecule has 66 heavy (non-hydrogen) atoms. The number of carbonyl (C=O) groups excluding carboxylic acids is 3. The number of aromatic nitrogens is 5. The van der Waals surface area contributed by atoms with E-state index in [4.69, 9.17) is 19.5 Å². The summed E-state index contributed by atoms with van der Waals surface area (Å²) in [6.45, 7) is 1.29. The zero-order valence-electron chi connectivity index (χ0n) is 35.7. The van der Waals surface area contributed by atoms with E-state index in [-0.39, 0.29) is 41.8 Å². The maximum absolute atomic E-state index is 12.7. The summed E-state index contributed by atoms with van der Waals surface area (Å²) in [4.78, 5) is 91.6. The van der Waals surface area contributed by atoms with Gasteiger partial charge in [-0.1, -0.05) is 32.0 Å². The molecule has 0 spiro atoms. The van der Waals surface area contributed by atoms with E-state index >= 15 is 0 Å². The van der Waals surface area contributed by atoms with Crippen LogP contribution < -0.4 is 21.7 Å². The van der Waals surface area contributed by atoms with Crippen LogP contribution in [0.2, 0.25) is 0 Å². The van der Waals surface area contributed by atoms with Gasteiger partial charge in [0.2, 0.25) is 17.7 Å². The minimum atomic E-state index is -5.57. The van der Waals surface area contributed by atoms with Crippen LogP contribution in [0.25, 0.3) is 22.1 Å². The van der Waals surface area contributed by atoms with Crippen molar-refractivity contribution in [3.8, 4) is 0 Å². The topological polar surface area (TPSA) is 391 Å². The number of para-hydroxylation sites is 1. The van der Waals surface area contributed by atoms with Gasteiger partial charge in [0.25, 0.3) is 0 Å². The van der Waals surface area contributed by atoms with Crippen LogP contribution in [-0.2, 0) is 57.1 Å². The fourth-order valence-electron chi connectivity index (χ4n) is 6.56. The molecule has 0 bridgehead atoms. The third-order valence-electron chi connectivity index (χ3n) is 9.98. The van der Waals surface area contributed by atoms with Crippen LogP contribution in [-0.4, -0.2) is 141 Å². The van der Waals surface area contributed by atoms with Crippen molar-refractivity contribution in [2.24, 2.45) is 5.41 Å². The van der Waals surface area contributed by atoms with E-state index in [1.54, 1.807) is 11.8 Å². The molecule has 3 aromatic heterocycles. The second-order valence-corrected chi connectivity index (χ2v) is 21.1. The number of phosphoric ester groups is 3. The van der Waals surface area contributed by atoms with Gasteiger partial charge in [-0.25, -0.2) is 28.6 Å². The number of hydrogen-bond acceptors (Lipinski definition) is 18. The number of nitrogens with two attached hydrogens (primary N) is 1. The smallest absolute Gasteiger partial charge is 0.386 e. The molecule has 4 aromatic rings. The van der Waals surface area contributed by atoms with E-state index in [0.29, 0.717) is 25.3 Å². The molecule has 7 atom stereocenters. The number of nitrogens with zero attached hydrogens (tertiary/aromatic N) is 4. The van der Waals surface area contributed by atoms with Gasteiger partial charge >= 0.3 is 23.5 Å². The highest BCUT2D eigenvalue weighted by atomic mass is 32.2. The molecule has 0 radical (unpaired) electrons. The summed E-state index contributed by atoms with van der Waals surface area (Å²) in [6, 6.07) is 8.00. The molecule has 0 saturated carbocycles. The maximum atomic E-state index is 12.7. The molecule has 1 aliphatic heterocycles. The van der Waals surface area contributed by atoms with Gasteiger partial charge in [-0.05, 0) is 36.6 Å².